The van der Waals surface area contributed by atoms with E-state index in [2.05, 4.69) is 4.98 Å². The maximum Gasteiger partial charge on any atom is 0.284 e. The van der Waals surface area contributed by atoms with E-state index in [1.165, 1.54) is 5.48 Å². The van der Waals surface area contributed by atoms with Crippen LogP contribution in [0.5, 0.6) is 5.75 Å². The molecule has 0 unspecified atom stereocenters. The number of pyridine rings is 1. The van der Waals surface area contributed by atoms with Gasteiger partial charge in [0.05, 0.1) is 5.52 Å². The van der Waals surface area contributed by atoms with Crippen molar-refractivity contribution in [3.8, 4) is 5.75 Å². The van der Waals surface area contributed by atoms with Crippen molar-refractivity contribution in [1.29, 1.82) is 0 Å². The Hall–Kier alpha value is -2.34. The Bertz CT molecular complexity index is 618. The number of hydrogen-bond donors (Lipinski definition) is 4. The fraction of sp³-hybridized carbons (Fsp3) is 0. The third-order valence-corrected chi connectivity index (χ3v) is 2.22. The first-order valence-electron chi connectivity index (χ1n) is 4.43. The number of nitrogens with one attached hydrogen (secondary N) is 2. The largest absolute Gasteiger partial charge is 0.506 e. The summed E-state index contributed by atoms with van der Waals surface area (Å²) in [6, 6.07) is 6.48. The Morgan fingerprint density at radius 3 is 2.69 bits per heavy atom. The van der Waals surface area contributed by atoms with Crippen LogP contribution in [-0.4, -0.2) is 21.2 Å². The first kappa shape index (κ1) is 10.2. The van der Waals surface area contributed by atoms with Crippen LogP contribution in [0, 0.1) is 0 Å². The van der Waals surface area contributed by atoms with E-state index in [9.17, 15) is 14.7 Å². The number of hydroxylamine groups is 1. The number of para-hydroxylation sites is 1. The van der Waals surface area contributed by atoms with Crippen LogP contribution >= 0.6 is 0 Å². The van der Waals surface area contributed by atoms with Crippen LogP contribution in [0.3, 0.4) is 0 Å². The predicted molar refractivity (Wildman–Crippen MR) is 55.5 cm³/mol. The summed E-state index contributed by atoms with van der Waals surface area (Å²) in [5, 5.41) is 18.5. The van der Waals surface area contributed by atoms with Crippen molar-refractivity contribution < 1.29 is 15.1 Å². The maximum absolute atomic E-state index is 11.5. The lowest BCUT2D eigenvalue weighted by Gasteiger charge is -2.05. The van der Waals surface area contributed by atoms with E-state index in [1.807, 2.05) is 0 Å². The summed E-state index contributed by atoms with van der Waals surface area (Å²) in [4.78, 5) is 25.1. The number of rotatable bonds is 1. The zero-order valence-electron chi connectivity index (χ0n) is 8.02. The maximum atomic E-state index is 11.5. The second-order valence-corrected chi connectivity index (χ2v) is 3.16. The van der Waals surface area contributed by atoms with E-state index < -0.39 is 22.8 Å². The van der Waals surface area contributed by atoms with Gasteiger partial charge in [0.15, 0.2) is 0 Å². The second kappa shape index (κ2) is 3.67. The molecule has 0 atom stereocenters. The van der Waals surface area contributed by atoms with Crippen LogP contribution < -0.4 is 11.0 Å². The second-order valence-electron chi connectivity index (χ2n) is 3.16. The molecule has 16 heavy (non-hydrogen) atoms. The van der Waals surface area contributed by atoms with E-state index in [4.69, 9.17) is 5.21 Å². The number of aromatic hydroxyl groups is 1. The fourth-order valence-electron chi connectivity index (χ4n) is 1.49. The van der Waals surface area contributed by atoms with Crippen molar-refractivity contribution in [2.75, 3.05) is 0 Å². The summed E-state index contributed by atoms with van der Waals surface area (Å²) in [6.45, 7) is 0. The van der Waals surface area contributed by atoms with Gasteiger partial charge in [-0.2, -0.15) is 0 Å². The van der Waals surface area contributed by atoms with Crippen LogP contribution in [0.15, 0.2) is 29.1 Å². The molecule has 0 saturated heterocycles. The lowest BCUT2D eigenvalue weighted by Crippen LogP contribution is -2.27. The number of amides is 1. The highest BCUT2D eigenvalue weighted by Gasteiger charge is 2.17. The summed E-state index contributed by atoms with van der Waals surface area (Å²) in [7, 11) is 0. The molecule has 2 rings (SSSR count). The molecule has 0 bridgehead atoms. The van der Waals surface area contributed by atoms with Crippen LogP contribution in [0.2, 0.25) is 0 Å². The molecule has 0 aliphatic rings. The Morgan fingerprint density at radius 1 is 1.31 bits per heavy atom. The molecule has 0 saturated carbocycles. The summed E-state index contributed by atoms with van der Waals surface area (Å²) < 4.78 is 0. The lowest BCUT2D eigenvalue weighted by atomic mass is 10.1. The Kier molecular flexibility index (Phi) is 2.34. The van der Waals surface area contributed by atoms with E-state index >= 15 is 0 Å². The average Bonchev–Trinajstić information content (AvgIpc) is 2.28. The van der Waals surface area contributed by atoms with Crippen LogP contribution in [0.1, 0.15) is 10.4 Å². The molecular formula is C10H8N2O4. The van der Waals surface area contributed by atoms with Crippen molar-refractivity contribution in [3.05, 3.63) is 40.2 Å². The molecule has 6 heteroatoms. The normalized spacial score (nSPS) is 10.3. The summed E-state index contributed by atoms with van der Waals surface area (Å²) in [5.74, 6) is -1.50. The lowest BCUT2D eigenvalue weighted by molar-refractivity contribution is 0.0702. The van der Waals surface area contributed by atoms with Crippen molar-refractivity contribution in [2.45, 2.75) is 0 Å². The number of aromatic nitrogens is 1. The number of H-pyrrole nitrogens is 1. The van der Waals surface area contributed by atoms with Crippen molar-refractivity contribution >= 4 is 16.8 Å². The fourth-order valence-corrected chi connectivity index (χ4v) is 1.49. The molecule has 0 aliphatic heterocycles. The van der Waals surface area contributed by atoms with Gasteiger partial charge >= 0.3 is 0 Å². The number of benzene rings is 1. The van der Waals surface area contributed by atoms with Gasteiger partial charge in [-0.3, -0.25) is 14.8 Å². The van der Waals surface area contributed by atoms with E-state index in [-0.39, 0.29) is 0 Å². The first-order chi connectivity index (χ1) is 7.65. The molecule has 0 fully saturated rings. The third-order valence-electron chi connectivity index (χ3n) is 2.22. The number of carbonyl (C=O) groups excluding carboxylic acids is 1. The molecule has 82 valence electrons. The molecule has 4 N–H and O–H groups in total. The number of aromatic amines is 1. The first-order valence-corrected chi connectivity index (χ1v) is 4.43. The smallest absolute Gasteiger partial charge is 0.284 e. The molecule has 1 heterocycles. The summed E-state index contributed by atoms with van der Waals surface area (Å²) >= 11 is 0. The Balaban J connectivity index is 2.86. The number of fused-ring (bicyclic) bond motifs is 1. The van der Waals surface area contributed by atoms with Gasteiger partial charge in [-0.05, 0) is 12.1 Å². The van der Waals surface area contributed by atoms with Crippen LogP contribution in [0.25, 0.3) is 10.9 Å². The Labute approximate surface area is 89.1 Å². The quantitative estimate of drug-likeness (QED) is 0.411. The number of carbonyl (C=O) groups is 1. The minimum absolute atomic E-state index is 0.334. The minimum atomic E-state index is -1.05. The highest BCUT2D eigenvalue weighted by atomic mass is 16.5. The standard InChI is InChI=1S/C10H8N2O4/c13-8-5-3-1-2-4-6(5)11-9(14)7(8)10(15)12-16/h1-4,16H,(H,12,15)(H2,11,13,14). The van der Waals surface area contributed by atoms with Gasteiger partial charge < -0.3 is 10.1 Å². The highest BCUT2D eigenvalue weighted by Crippen LogP contribution is 2.23. The SMILES string of the molecule is O=C(NO)c1c(O)c2ccccc2[nH]c1=O. The van der Waals surface area contributed by atoms with E-state index in [1.54, 1.807) is 24.3 Å². The summed E-state index contributed by atoms with van der Waals surface area (Å²) in [6.07, 6.45) is 0. The molecule has 1 aromatic heterocycles. The van der Waals surface area contributed by atoms with Gasteiger partial charge in [-0.25, -0.2) is 5.48 Å². The molecule has 0 aliphatic carbocycles. The van der Waals surface area contributed by atoms with E-state index in [0.29, 0.717) is 10.9 Å². The van der Waals surface area contributed by atoms with Crippen molar-refractivity contribution in [1.82, 2.24) is 10.5 Å². The zero-order chi connectivity index (χ0) is 11.7. The van der Waals surface area contributed by atoms with Crippen molar-refractivity contribution in [2.24, 2.45) is 0 Å². The van der Waals surface area contributed by atoms with Gasteiger partial charge in [0.1, 0.15) is 11.3 Å². The van der Waals surface area contributed by atoms with Crippen LogP contribution in [-0.2, 0) is 0 Å². The van der Waals surface area contributed by atoms with Crippen LogP contribution in [0.4, 0.5) is 0 Å². The van der Waals surface area contributed by atoms with Gasteiger partial charge in [0.2, 0.25) is 0 Å². The molecule has 0 radical (unpaired) electrons. The minimum Gasteiger partial charge on any atom is -0.506 e. The monoisotopic (exact) mass is 220 g/mol. The molecule has 1 amide bonds. The van der Waals surface area contributed by atoms with Gasteiger partial charge in [-0.1, -0.05) is 12.1 Å². The van der Waals surface area contributed by atoms with Gasteiger partial charge in [0.25, 0.3) is 11.5 Å². The van der Waals surface area contributed by atoms with Gasteiger partial charge in [-0.15, -0.1) is 0 Å². The topological polar surface area (TPSA) is 102 Å². The summed E-state index contributed by atoms with van der Waals surface area (Å²) in [5.41, 5.74) is 0.451. The van der Waals surface area contributed by atoms with E-state index in [0.717, 1.165) is 0 Å². The van der Waals surface area contributed by atoms with Crippen molar-refractivity contribution in [3.63, 3.8) is 0 Å². The molecular weight excluding hydrogens is 212 g/mol. The number of hydrogen-bond acceptors (Lipinski definition) is 4. The molecule has 0 spiro atoms. The molecule has 6 nitrogen and oxygen atoms in total. The third kappa shape index (κ3) is 1.41. The molecule has 1 aromatic carbocycles. The predicted octanol–water partition coefficient (Wildman–Crippen LogP) is 0.353. The zero-order valence-corrected chi connectivity index (χ0v) is 8.02. The highest BCUT2D eigenvalue weighted by molar-refractivity contribution is 6.01. The average molecular weight is 220 g/mol. The Morgan fingerprint density at radius 2 is 2.00 bits per heavy atom. The molecule has 2 aromatic rings. The van der Waals surface area contributed by atoms with Gasteiger partial charge in [0, 0.05) is 5.39 Å².